The third-order valence-corrected chi connectivity index (χ3v) is 5.57. The number of halogens is 3. The van der Waals surface area contributed by atoms with E-state index in [9.17, 15) is 26.4 Å². The van der Waals surface area contributed by atoms with Gasteiger partial charge in [-0.15, -0.1) is 5.10 Å². The second-order valence-corrected chi connectivity index (χ2v) is 8.77. The Hall–Kier alpha value is -3.34. The summed E-state index contributed by atoms with van der Waals surface area (Å²) in [5, 5.41) is 6.44. The number of hydrogen-bond donors (Lipinski definition) is 1. The number of aromatic nitrogens is 2. The van der Waals surface area contributed by atoms with Crippen molar-refractivity contribution < 1.29 is 31.1 Å². The van der Waals surface area contributed by atoms with Crippen molar-refractivity contribution in [1.29, 1.82) is 0 Å². The molecule has 0 spiro atoms. The van der Waals surface area contributed by atoms with Gasteiger partial charge in [0, 0.05) is 30.1 Å². The topological polar surface area (TPSA) is 90.3 Å². The Morgan fingerprint density at radius 3 is 2.29 bits per heavy atom. The fourth-order valence-electron chi connectivity index (χ4n) is 3.03. The number of nitrogens with zero attached hydrogens (tertiary/aromatic N) is 2. The van der Waals surface area contributed by atoms with Crippen LogP contribution in [0.1, 0.15) is 11.1 Å². The molecule has 0 radical (unpaired) electrons. The highest BCUT2D eigenvalue weighted by Crippen LogP contribution is 2.39. The van der Waals surface area contributed by atoms with E-state index in [1.807, 2.05) is 0 Å². The lowest BCUT2D eigenvalue weighted by molar-refractivity contribution is -0.137. The summed E-state index contributed by atoms with van der Waals surface area (Å²) in [6, 6.07) is 10.5. The first-order valence-corrected chi connectivity index (χ1v) is 10.8. The maximum atomic E-state index is 13.4. The first-order chi connectivity index (χ1) is 14.4. The average molecular weight is 453 g/mol. The van der Waals surface area contributed by atoms with Crippen LogP contribution in [-0.2, 0) is 23.1 Å². The van der Waals surface area contributed by atoms with Crippen molar-refractivity contribution in [2.75, 3.05) is 11.6 Å². The molecule has 0 bridgehead atoms. The average Bonchev–Trinajstić information content (AvgIpc) is 2.93. The molecular formula is C20H18F3N3O4S. The number of carbonyl (C=O) groups excluding carboxylic acids is 1. The van der Waals surface area contributed by atoms with E-state index in [2.05, 4.69) is 10.4 Å². The minimum Gasteiger partial charge on any atom is -0.389 e. The van der Waals surface area contributed by atoms with Crippen molar-refractivity contribution in [2.45, 2.75) is 18.0 Å². The molecule has 2 aromatic carbocycles. The van der Waals surface area contributed by atoms with Gasteiger partial charge in [0.1, 0.15) is 0 Å². The van der Waals surface area contributed by atoms with Gasteiger partial charge in [-0.2, -0.15) is 13.2 Å². The first-order valence-electron chi connectivity index (χ1n) is 8.87. The summed E-state index contributed by atoms with van der Waals surface area (Å²) in [7, 11) is -1.93. The number of ether oxygens (including phenoxy) is 1. The van der Waals surface area contributed by atoms with Crippen LogP contribution >= 0.6 is 0 Å². The molecule has 0 saturated carbocycles. The van der Waals surface area contributed by atoms with Crippen molar-refractivity contribution in [3.8, 4) is 17.1 Å². The van der Waals surface area contributed by atoms with Crippen LogP contribution in [0.3, 0.4) is 0 Å². The number of anilines is 1. The normalized spacial score (nSPS) is 11.9. The van der Waals surface area contributed by atoms with Gasteiger partial charge in [-0.3, -0.25) is 10.00 Å². The van der Waals surface area contributed by atoms with Gasteiger partial charge in [-0.25, -0.2) is 13.2 Å². The maximum Gasteiger partial charge on any atom is 0.418 e. The number of rotatable bonds is 4. The Kier molecular flexibility index (Phi) is 5.81. The van der Waals surface area contributed by atoms with Crippen LogP contribution in [0.5, 0.6) is 5.88 Å². The summed E-state index contributed by atoms with van der Waals surface area (Å²) in [6.07, 6.45) is -4.43. The molecule has 0 fully saturated rings. The molecule has 1 amide bonds. The van der Waals surface area contributed by atoms with Gasteiger partial charge < -0.3 is 4.74 Å². The molecule has 1 aromatic heterocycles. The summed E-state index contributed by atoms with van der Waals surface area (Å²) in [4.78, 5) is 12.3. The van der Waals surface area contributed by atoms with Gasteiger partial charge >= 0.3 is 12.3 Å². The lowest BCUT2D eigenvalue weighted by atomic mass is 10.0. The molecule has 0 aliphatic heterocycles. The zero-order chi connectivity index (χ0) is 23.0. The second kappa shape index (κ2) is 8.06. The second-order valence-electron chi connectivity index (χ2n) is 6.76. The van der Waals surface area contributed by atoms with E-state index in [4.69, 9.17) is 4.74 Å². The van der Waals surface area contributed by atoms with Gasteiger partial charge in [0.15, 0.2) is 9.84 Å². The molecule has 0 aliphatic rings. The Labute approximate surface area is 176 Å². The molecule has 11 heteroatoms. The van der Waals surface area contributed by atoms with Crippen LogP contribution in [0.4, 0.5) is 23.7 Å². The number of alkyl halides is 3. The number of benzene rings is 2. The third-order valence-electron chi connectivity index (χ3n) is 4.45. The Bertz CT molecular complexity index is 1230. The molecule has 7 nitrogen and oxygen atoms in total. The fraction of sp³-hybridized carbons (Fsp3) is 0.200. The standard InChI is InChI=1S/C20H18F3N3O4S/c1-12-17(15-6-4-5-7-16(15)20(21,22)23)26(2)25-18(12)30-19(27)24-13-8-10-14(11-9-13)31(3,28)29/h4-11H,1-3H3,(H,24,27). The Balaban J connectivity index is 1.84. The molecule has 0 atom stereocenters. The van der Waals surface area contributed by atoms with Gasteiger partial charge in [-0.05, 0) is 37.3 Å². The van der Waals surface area contributed by atoms with E-state index in [0.29, 0.717) is 0 Å². The number of aryl methyl sites for hydroxylation is 1. The zero-order valence-electron chi connectivity index (χ0n) is 16.7. The minimum atomic E-state index is -4.57. The van der Waals surface area contributed by atoms with E-state index in [-0.39, 0.29) is 33.3 Å². The Morgan fingerprint density at radius 1 is 1.10 bits per heavy atom. The quantitative estimate of drug-likeness (QED) is 0.631. The molecule has 31 heavy (non-hydrogen) atoms. The van der Waals surface area contributed by atoms with E-state index in [0.717, 1.165) is 12.3 Å². The molecule has 0 unspecified atom stereocenters. The van der Waals surface area contributed by atoms with Crippen molar-refractivity contribution >= 4 is 21.6 Å². The zero-order valence-corrected chi connectivity index (χ0v) is 17.5. The van der Waals surface area contributed by atoms with Crippen molar-refractivity contribution in [1.82, 2.24) is 9.78 Å². The van der Waals surface area contributed by atoms with Gasteiger partial charge in [0.25, 0.3) is 0 Å². The minimum absolute atomic E-state index is 0.0833. The molecule has 1 heterocycles. The van der Waals surface area contributed by atoms with Crippen LogP contribution in [0.15, 0.2) is 53.4 Å². The van der Waals surface area contributed by atoms with E-state index in [1.54, 1.807) is 0 Å². The van der Waals surface area contributed by atoms with Crippen LogP contribution in [0.25, 0.3) is 11.3 Å². The summed E-state index contributed by atoms with van der Waals surface area (Å²) >= 11 is 0. The van der Waals surface area contributed by atoms with Gasteiger partial charge in [-0.1, -0.05) is 18.2 Å². The largest absolute Gasteiger partial charge is 0.418 e. The number of nitrogens with one attached hydrogen (secondary N) is 1. The van der Waals surface area contributed by atoms with Crippen molar-refractivity contribution in [3.05, 3.63) is 59.7 Å². The number of amides is 1. The predicted octanol–water partition coefficient (Wildman–Crippen LogP) is 4.43. The van der Waals surface area contributed by atoms with Crippen LogP contribution < -0.4 is 10.1 Å². The highest BCUT2D eigenvalue weighted by molar-refractivity contribution is 7.90. The SMILES string of the molecule is Cc1c(OC(=O)Nc2ccc(S(C)(=O)=O)cc2)nn(C)c1-c1ccccc1C(F)(F)F. The maximum absolute atomic E-state index is 13.4. The third kappa shape index (κ3) is 4.88. The smallest absolute Gasteiger partial charge is 0.389 e. The van der Waals surface area contributed by atoms with E-state index < -0.39 is 27.7 Å². The molecule has 1 N–H and O–H groups in total. The number of sulfone groups is 1. The molecule has 0 saturated heterocycles. The molecule has 3 rings (SSSR count). The summed E-state index contributed by atoms with van der Waals surface area (Å²) in [6.45, 7) is 1.50. The number of carbonyl (C=O) groups is 1. The molecule has 3 aromatic rings. The molecular weight excluding hydrogens is 435 g/mol. The summed E-state index contributed by atoms with van der Waals surface area (Å²) in [5.41, 5.74) is -0.235. The lowest BCUT2D eigenvalue weighted by Crippen LogP contribution is -2.17. The lowest BCUT2D eigenvalue weighted by Gasteiger charge is -2.13. The van der Waals surface area contributed by atoms with Gasteiger partial charge in [0.2, 0.25) is 5.88 Å². The van der Waals surface area contributed by atoms with Crippen LogP contribution in [0, 0.1) is 6.92 Å². The number of hydrogen-bond acceptors (Lipinski definition) is 5. The van der Waals surface area contributed by atoms with E-state index in [1.165, 1.54) is 61.1 Å². The Morgan fingerprint density at radius 2 is 1.71 bits per heavy atom. The predicted molar refractivity (Wildman–Crippen MR) is 108 cm³/mol. The van der Waals surface area contributed by atoms with E-state index >= 15 is 0 Å². The van der Waals surface area contributed by atoms with Gasteiger partial charge in [0.05, 0.1) is 16.2 Å². The molecule has 0 aliphatic carbocycles. The first kappa shape index (κ1) is 22.3. The monoisotopic (exact) mass is 453 g/mol. The summed E-state index contributed by atoms with van der Waals surface area (Å²) < 4.78 is 69.6. The fourth-order valence-corrected chi connectivity index (χ4v) is 3.66. The van der Waals surface area contributed by atoms with Crippen molar-refractivity contribution in [2.24, 2.45) is 7.05 Å². The van der Waals surface area contributed by atoms with Crippen LogP contribution in [0.2, 0.25) is 0 Å². The summed E-state index contributed by atoms with van der Waals surface area (Å²) in [5.74, 6) is -0.153. The van der Waals surface area contributed by atoms with Crippen LogP contribution in [-0.4, -0.2) is 30.5 Å². The van der Waals surface area contributed by atoms with Crippen molar-refractivity contribution in [3.63, 3.8) is 0 Å². The molecule has 164 valence electrons. The highest BCUT2D eigenvalue weighted by Gasteiger charge is 2.35. The highest BCUT2D eigenvalue weighted by atomic mass is 32.2.